The van der Waals surface area contributed by atoms with E-state index in [0.717, 1.165) is 6.54 Å². The number of amides is 1. The van der Waals surface area contributed by atoms with Gasteiger partial charge in [-0.1, -0.05) is 20.8 Å². The van der Waals surface area contributed by atoms with E-state index in [1.807, 2.05) is 11.9 Å². The van der Waals surface area contributed by atoms with Gasteiger partial charge in [0, 0.05) is 7.05 Å². The maximum absolute atomic E-state index is 11.5. The Labute approximate surface area is 80.7 Å². The van der Waals surface area contributed by atoms with Crippen LogP contribution in [0.2, 0.25) is 0 Å². The Morgan fingerprint density at radius 3 is 2.38 bits per heavy atom. The summed E-state index contributed by atoms with van der Waals surface area (Å²) in [6, 6.07) is 0. The minimum atomic E-state index is -0.0914. The molecule has 13 heavy (non-hydrogen) atoms. The predicted octanol–water partition coefficient (Wildman–Crippen LogP) is 1.15. The molecule has 0 aromatic rings. The van der Waals surface area contributed by atoms with Crippen LogP contribution in [0.25, 0.3) is 0 Å². The molecule has 1 aliphatic rings. The van der Waals surface area contributed by atoms with E-state index in [9.17, 15) is 4.79 Å². The zero-order valence-corrected chi connectivity index (χ0v) is 9.29. The van der Waals surface area contributed by atoms with Crippen LogP contribution in [0.15, 0.2) is 0 Å². The standard InChI is InChI=1S/C10H20N2O/c1-6-12-7-9(13)11(5)10(12,4)8(2)3/h8H,6-7H2,1-5H3. The highest BCUT2D eigenvalue weighted by molar-refractivity contribution is 5.81. The summed E-state index contributed by atoms with van der Waals surface area (Å²) in [4.78, 5) is 15.7. The van der Waals surface area contributed by atoms with Gasteiger partial charge in [-0.25, -0.2) is 0 Å². The van der Waals surface area contributed by atoms with Crippen molar-refractivity contribution in [3.63, 3.8) is 0 Å². The van der Waals surface area contributed by atoms with Crippen molar-refractivity contribution in [1.29, 1.82) is 0 Å². The second-order valence-corrected chi connectivity index (χ2v) is 4.22. The highest BCUT2D eigenvalue weighted by Gasteiger charge is 2.46. The minimum Gasteiger partial charge on any atom is -0.326 e. The van der Waals surface area contributed by atoms with Gasteiger partial charge in [0.2, 0.25) is 5.91 Å². The Morgan fingerprint density at radius 2 is 2.08 bits per heavy atom. The van der Waals surface area contributed by atoms with E-state index < -0.39 is 0 Å². The molecule has 1 saturated heterocycles. The molecule has 3 nitrogen and oxygen atoms in total. The van der Waals surface area contributed by atoms with E-state index in [1.165, 1.54) is 0 Å². The molecule has 0 aromatic heterocycles. The fourth-order valence-electron chi connectivity index (χ4n) is 2.08. The lowest BCUT2D eigenvalue weighted by molar-refractivity contribution is -0.130. The number of hydrogen-bond donors (Lipinski definition) is 0. The lowest BCUT2D eigenvalue weighted by Gasteiger charge is -2.42. The summed E-state index contributed by atoms with van der Waals surface area (Å²) in [5.74, 6) is 0.696. The van der Waals surface area contributed by atoms with Crippen LogP contribution >= 0.6 is 0 Å². The zero-order chi connectivity index (χ0) is 10.2. The van der Waals surface area contributed by atoms with Crippen molar-refractivity contribution in [2.45, 2.75) is 33.4 Å². The topological polar surface area (TPSA) is 23.6 Å². The molecule has 1 amide bonds. The number of rotatable bonds is 2. The van der Waals surface area contributed by atoms with E-state index in [1.54, 1.807) is 0 Å². The van der Waals surface area contributed by atoms with Gasteiger partial charge >= 0.3 is 0 Å². The van der Waals surface area contributed by atoms with E-state index >= 15 is 0 Å². The normalized spacial score (nSPS) is 30.6. The van der Waals surface area contributed by atoms with Gasteiger partial charge in [0.1, 0.15) is 0 Å². The van der Waals surface area contributed by atoms with Crippen molar-refractivity contribution >= 4 is 5.91 Å². The van der Waals surface area contributed by atoms with Gasteiger partial charge < -0.3 is 4.90 Å². The monoisotopic (exact) mass is 184 g/mol. The average Bonchev–Trinajstić information content (AvgIpc) is 2.30. The Hall–Kier alpha value is -0.570. The molecule has 1 aliphatic heterocycles. The summed E-state index contributed by atoms with van der Waals surface area (Å²) < 4.78 is 0. The third-order valence-electron chi connectivity index (χ3n) is 3.49. The van der Waals surface area contributed by atoms with Crippen molar-refractivity contribution < 1.29 is 4.79 Å². The number of hydrogen-bond acceptors (Lipinski definition) is 2. The first-order chi connectivity index (χ1) is 5.94. The summed E-state index contributed by atoms with van der Waals surface area (Å²) in [5, 5.41) is 0. The van der Waals surface area contributed by atoms with E-state index in [2.05, 4.69) is 32.6 Å². The van der Waals surface area contributed by atoms with Gasteiger partial charge in [-0.05, 0) is 19.4 Å². The predicted molar refractivity (Wildman–Crippen MR) is 53.3 cm³/mol. The highest BCUT2D eigenvalue weighted by atomic mass is 16.2. The molecule has 1 unspecified atom stereocenters. The third-order valence-corrected chi connectivity index (χ3v) is 3.49. The first-order valence-electron chi connectivity index (χ1n) is 4.96. The largest absolute Gasteiger partial charge is 0.326 e. The Kier molecular flexibility index (Phi) is 2.66. The quantitative estimate of drug-likeness (QED) is 0.643. The minimum absolute atomic E-state index is 0.0914. The molecule has 1 fully saturated rings. The number of carbonyl (C=O) groups is 1. The Bertz CT molecular complexity index is 215. The lowest BCUT2D eigenvalue weighted by atomic mass is 9.96. The average molecular weight is 184 g/mol. The fraction of sp³-hybridized carbons (Fsp3) is 0.900. The molecule has 0 aromatic carbocycles. The molecule has 0 aliphatic carbocycles. The lowest BCUT2D eigenvalue weighted by Crippen LogP contribution is -2.53. The van der Waals surface area contributed by atoms with Crippen LogP contribution in [-0.2, 0) is 4.79 Å². The maximum Gasteiger partial charge on any atom is 0.238 e. The SMILES string of the molecule is CCN1CC(=O)N(C)C1(C)C(C)C. The summed E-state index contributed by atoms with van der Waals surface area (Å²) in [7, 11) is 1.90. The van der Waals surface area contributed by atoms with Crippen LogP contribution in [0.4, 0.5) is 0 Å². The molecule has 0 spiro atoms. The molecular weight excluding hydrogens is 164 g/mol. The summed E-state index contributed by atoms with van der Waals surface area (Å²) in [6.45, 7) is 10.1. The number of likely N-dealkylation sites (N-methyl/N-ethyl adjacent to an activating group) is 2. The number of carbonyl (C=O) groups excluding carboxylic acids is 1. The van der Waals surface area contributed by atoms with Crippen molar-refractivity contribution in [1.82, 2.24) is 9.80 Å². The maximum atomic E-state index is 11.5. The second kappa shape index (κ2) is 3.29. The molecule has 0 N–H and O–H groups in total. The van der Waals surface area contributed by atoms with Crippen LogP contribution in [0, 0.1) is 5.92 Å². The van der Waals surface area contributed by atoms with Gasteiger partial charge in [0.05, 0.1) is 12.2 Å². The molecule has 0 bridgehead atoms. The zero-order valence-electron chi connectivity index (χ0n) is 9.29. The summed E-state index contributed by atoms with van der Waals surface area (Å²) >= 11 is 0. The van der Waals surface area contributed by atoms with Gasteiger partial charge in [0.25, 0.3) is 0 Å². The van der Waals surface area contributed by atoms with Gasteiger partial charge in [-0.2, -0.15) is 0 Å². The van der Waals surface area contributed by atoms with Crippen LogP contribution in [-0.4, -0.2) is 41.5 Å². The summed E-state index contributed by atoms with van der Waals surface area (Å²) in [5.41, 5.74) is -0.0914. The Balaban J connectivity index is 2.97. The van der Waals surface area contributed by atoms with Crippen LogP contribution < -0.4 is 0 Å². The van der Waals surface area contributed by atoms with E-state index in [-0.39, 0.29) is 11.6 Å². The van der Waals surface area contributed by atoms with Gasteiger partial charge in [-0.15, -0.1) is 0 Å². The summed E-state index contributed by atoms with van der Waals surface area (Å²) in [6.07, 6.45) is 0. The molecular formula is C10H20N2O. The Morgan fingerprint density at radius 1 is 1.54 bits per heavy atom. The molecule has 1 heterocycles. The first kappa shape index (κ1) is 10.5. The van der Waals surface area contributed by atoms with Crippen LogP contribution in [0.1, 0.15) is 27.7 Å². The van der Waals surface area contributed by atoms with E-state index in [0.29, 0.717) is 12.5 Å². The first-order valence-corrected chi connectivity index (χ1v) is 4.96. The molecule has 0 radical (unpaired) electrons. The van der Waals surface area contributed by atoms with Gasteiger partial charge in [0.15, 0.2) is 0 Å². The van der Waals surface area contributed by atoms with Crippen LogP contribution in [0.3, 0.4) is 0 Å². The van der Waals surface area contributed by atoms with Crippen molar-refractivity contribution in [2.75, 3.05) is 20.1 Å². The molecule has 76 valence electrons. The van der Waals surface area contributed by atoms with Crippen molar-refractivity contribution in [3.05, 3.63) is 0 Å². The van der Waals surface area contributed by atoms with Crippen molar-refractivity contribution in [3.8, 4) is 0 Å². The second-order valence-electron chi connectivity index (χ2n) is 4.22. The third kappa shape index (κ3) is 1.35. The highest BCUT2D eigenvalue weighted by Crippen LogP contribution is 2.32. The van der Waals surface area contributed by atoms with Crippen molar-refractivity contribution in [2.24, 2.45) is 5.92 Å². The molecule has 1 atom stereocenters. The molecule has 1 rings (SSSR count). The molecule has 3 heteroatoms. The van der Waals surface area contributed by atoms with Gasteiger partial charge in [-0.3, -0.25) is 9.69 Å². The fourth-order valence-corrected chi connectivity index (χ4v) is 2.08. The number of nitrogens with zero attached hydrogens (tertiary/aromatic N) is 2. The smallest absolute Gasteiger partial charge is 0.238 e. The van der Waals surface area contributed by atoms with Crippen LogP contribution in [0.5, 0.6) is 0 Å². The molecule has 0 saturated carbocycles. The van der Waals surface area contributed by atoms with E-state index in [4.69, 9.17) is 0 Å².